The normalized spacial score (nSPS) is 17.6. The molecule has 0 aliphatic carbocycles. The van der Waals surface area contributed by atoms with E-state index in [2.05, 4.69) is 26.3 Å². The molecular formula is C16H18BrN3O2. The van der Waals surface area contributed by atoms with E-state index in [0.717, 1.165) is 35.3 Å². The van der Waals surface area contributed by atoms with Crippen molar-refractivity contribution in [2.24, 2.45) is 0 Å². The zero-order valence-corrected chi connectivity index (χ0v) is 14.0. The van der Waals surface area contributed by atoms with Crippen molar-refractivity contribution in [2.45, 2.75) is 25.9 Å². The molecule has 1 amide bonds. The lowest BCUT2D eigenvalue weighted by atomic mass is 10.2. The first kappa shape index (κ1) is 15.2. The van der Waals surface area contributed by atoms with Gasteiger partial charge >= 0.3 is 0 Å². The lowest BCUT2D eigenvalue weighted by molar-refractivity contribution is 0.0857. The Hall–Kier alpha value is -1.66. The minimum absolute atomic E-state index is 0.101. The molecule has 1 N–H and O–H groups in total. The van der Waals surface area contributed by atoms with E-state index in [-0.39, 0.29) is 12.0 Å². The highest BCUT2D eigenvalue weighted by Crippen LogP contribution is 2.17. The molecule has 2 heterocycles. The summed E-state index contributed by atoms with van der Waals surface area (Å²) in [7, 11) is 0. The lowest BCUT2D eigenvalue weighted by Gasteiger charge is -2.10. The smallest absolute Gasteiger partial charge is 0.254 e. The van der Waals surface area contributed by atoms with Gasteiger partial charge in [-0.3, -0.25) is 4.79 Å². The molecule has 1 aliphatic heterocycles. The summed E-state index contributed by atoms with van der Waals surface area (Å²) in [5.74, 6) is -0.101. The Morgan fingerprint density at radius 2 is 2.23 bits per heavy atom. The van der Waals surface area contributed by atoms with E-state index in [4.69, 9.17) is 4.74 Å². The van der Waals surface area contributed by atoms with Crippen molar-refractivity contribution in [3.63, 3.8) is 0 Å². The standard InChI is InChI=1S/C16H18BrN3O2/c1-11-15(16(21)18-9-14-3-2-8-22-14)10-19-20(11)13-6-4-12(17)5-7-13/h4-7,10,14H,2-3,8-9H2,1H3,(H,18,21)/t14-/m1/s1. The molecule has 22 heavy (non-hydrogen) atoms. The third-order valence-corrected chi connectivity index (χ3v) is 4.37. The van der Waals surface area contributed by atoms with Crippen LogP contribution >= 0.6 is 15.9 Å². The molecule has 0 radical (unpaired) electrons. The number of carbonyl (C=O) groups is 1. The number of halogens is 1. The van der Waals surface area contributed by atoms with Crippen LogP contribution in [0.3, 0.4) is 0 Å². The maximum absolute atomic E-state index is 12.3. The van der Waals surface area contributed by atoms with Gasteiger partial charge in [-0.25, -0.2) is 4.68 Å². The van der Waals surface area contributed by atoms with Crippen molar-refractivity contribution in [2.75, 3.05) is 13.2 Å². The minimum Gasteiger partial charge on any atom is -0.376 e. The Morgan fingerprint density at radius 1 is 1.45 bits per heavy atom. The van der Waals surface area contributed by atoms with Crippen LogP contribution in [0.1, 0.15) is 28.9 Å². The van der Waals surface area contributed by atoms with E-state index >= 15 is 0 Å². The van der Waals surface area contributed by atoms with Gasteiger partial charge in [0, 0.05) is 17.6 Å². The van der Waals surface area contributed by atoms with Gasteiger partial charge in [-0.05, 0) is 44.0 Å². The Balaban J connectivity index is 1.72. The number of nitrogens with one attached hydrogen (secondary N) is 1. The zero-order valence-electron chi connectivity index (χ0n) is 12.4. The Morgan fingerprint density at radius 3 is 2.91 bits per heavy atom. The predicted octanol–water partition coefficient (Wildman–Crippen LogP) is 2.85. The van der Waals surface area contributed by atoms with E-state index in [9.17, 15) is 4.79 Å². The monoisotopic (exact) mass is 363 g/mol. The molecule has 3 rings (SSSR count). The minimum atomic E-state index is -0.101. The molecule has 1 aliphatic rings. The maximum Gasteiger partial charge on any atom is 0.254 e. The second-order valence-corrected chi connectivity index (χ2v) is 6.29. The summed E-state index contributed by atoms with van der Waals surface area (Å²) in [6.07, 6.45) is 3.84. The molecule has 1 aromatic heterocycles. The van der Waals surface area contributed by atoms with Crippen LogP contribution in [0.2, 0.25) is 0 Å². The van der Waals surface area contributed by atoms with Crippen LogP contribution in [0.25, 0.3) is 5.69 Å². The fourth-order valence-electron chi connectivity index (χ4n) is 2.58. The van der Waals surface area contributed by atoms with Crippen LogP contribution in [-0.2, 0) is 4.74 Å². The van der Waals surface area contributed by atoms with Gasteiger partial charge in [0.1, 0.15) is 0 Å². The van der Waals surface area contributed by atoms with Gasteiger partial charge in [0.05, 0.1) is 29.2 Å². The number of hydrogen-bond donors (Lipinski definition) is 1. The number of benzene rings is 1. The van der Waals surface area contributed by atoms with Gasteiger partial charge in [-0.1, -0.05) is 15.9 Å². The van der Waals surface area contributed by atoms with Gasteiger partial charge in [0.25, 0.3) is 5.91 Å². The summed E-state index contributed by atoms with van der Waals surface area (Å²) < 4.78 is 8.30. The highest BCUT2D eigenvalue weighted by atomic mass is 79.9. The molecule has 0 bridgehead atoms. The van der Waals surface area contributed by atoms with Crippen molar-refractivity contribution in [3.05, 3.63) is 46.2 Å². The molecule has 5 nitrogen and oxygen atoms in total. The summed E-state index contributed by atoms with van der Waals surface area (Å²) in [6.45, 7) is 3.25. The molecule has 6 heteroatoms. The summed E-state index contributed by atoms with van der Waals surface area (Å²) in [5.41, 5.74) is 2.35. The number of amides is 1. The first-order valence-electron chi connectivity index (χ1n) is 7.35. The third kappa shape index (κ3) is 3.23. The second kappa shape index (κ2) is 6.62. The second-order valence-electron chi connectivity index (χ2n) is 5.38. The van der Waals surface area contributed by atoms with Gasteiger partial charge in [0.15, 0.2) is 0 Å². The summed E-state index contributed by atoms with van der Waals surface area (Å²) in [4.78, 5) is 12.3. The average molecular weight is 364 g/mol. The van der Waals surface area contributed by atoms with Crippen molar-refractivity contribution in [3.8, 4) is 5.69 Å². The van der Waals surface area contributed by atoms with Crippen LogP contribution in [-0.4, -0.2) is 34.9 Å². The number of nitrogens with zero attached hydrogens (tertiary/aromatic N) is 2. The largest absolute Gasteiger partial charge is 0.376 e. The first-order chi connectivity index (χ1) is 10.6. The van der Waals surface area contributed by atoms with Gasteiger partial charge in [0.2, 0.25) is 0 Å². The quantitative estimate of drug-likeness (QED) is 0.908. The number of rotatable bonds is 4. The molecule has 0 saturated carbocycles. The number of hydrogen-bond acceptors (Lipinski definition) is 3. The van der Waals surface area contributed by atoms with Crippen LogP contribution in [0.5, 0.6) is 0 Å². The fourth-order valence-corrected chi connectivity index (χ4v) is 2.85. The Kier molecular flexibility index (Phi) is 4.59. The fraction of sp³-hybridized carbons (Fsp3) is 0.375. The third-order valence-electron chi connectivity index (χ3n) is 3.84. The highest BCUT2D eigenvalue weighted by molar-refractivity contribution is 9.10. The van der Waals surface area contributed by atoms with E-state index in [1.807, 2.05) is 31.2 Å². The molecule has 2 aromatic rings. The first-order valence-corrected chi connectivity index (χ1v) is 8.15. The number of ether oxygens (including phenoxy) is 1. The van der Waals surface area contributed by atoms with Gasteiger partial charge in [-0.15, -0.1) is 0 Å². The van der Waals surface area contributed by atoms with Crippen LogP contribution in [0.15, 0.2) is 34.9 Å². The molecule has 1 fully saturated rings. The average Bonchev–Trinajstić information content (AvgIpc) is 3.15. The van der Waals surface area contributed by atoms with E-state index < -0.39 is 0 Å². The Bertz CT molecular complexity index is 661. The van der Waals surface area contributed by atoms with Crippen LogP contribution in [0.4, 0.5) is 0 Å². The van der Waals surface area contributed by atoms with Crippen molar-refractivity contribution < 1.29 is 9.53 Å². The van der Waals surface area contributed by atoms with Crippen LogP contribution < -0.4 is 5.32 Å². The molecule has 1 saturated heterocycles. The topological polar surface area (TPSA) is 56.1 Å². The maximum atomic E-state index is 12.3. The SMILES string of the molecule is Cc1c(C(=O)NC[C@H]2CCCO2)cnn1-c1ccc(Br)cc1. The highest BCUT2D eigenvalue weighted by Gasteiger charge is 2.19. The summed E-state index contributed by atoms with van der Waals surface area (Å²) in [6, 6.07) is 7.82. The van der Waals surface area contributed by atoms with E-state index in [1.54, 1.807) is 10.9 Å². The van der Waals surface area contributed by atoms with Gasteiger partial charge < -0.3 is 10.1 Å². The summed E-state index contributed by atoms with van der Waals surface area (Å²) >= 11 is 3.41. The molecular weight excluding hydrogens is 346 g/mol. The summed E-state index contributed by atoms with van der Waals surface area (Å²) in [5, 5.41) is 7.26. The van der Waals surface area contributed by atoms with Crippen molar-refractivity contribution >= 4 is 21.8 Å². The molecule has 1 atom stereocenters. The van der Waals surface area contributed by atoms with Gasteiger partial charge in [-0.2, -0.15) is 5.10 Å². The Labute approximate surface area is 137 Å². The predicted molar refractivity (Wildman–Crippen MR) is 87.3 cm³/mol. The molecule has 116 valence electrons. The lowest BCUT2D eigenvalue weighted by Crippen LogP contribution is -2.32. The zero-order chi connectivity index (χ0) is 15.5. The number of carbonyl (C=O) groups excluding carboxylic acids is 1. The van der Waals surface area contributed by atoms with E-state index in [0.29, 0.717) is 12.1 Å². The van der Waals surface area contributed by atoms with E-state index in [1.165, 1.54) is 0 Å². The van der Waals surface area contributed by atoms with Crippen LogP contribution in [0, 0.1) is 6.92 Å². The molecule has 0 unspecified atom stereocenters. The van der Waals surface area contributed by atoms with Crippen molar-refractivity contribution in [1.82, 2.24) is 15.1 Å². The molecule has 1 aromatic carbocycles. The molecule has 0 spiro atoms. The number of aromatic nitrogens is 2. The van der Waals surface area contributed by atoms with Crippen molar-refractivity contribution in [1.29, 1.82) is 0 Å².